The van der Waals surface area contributed by atoms with Gasteiger partial charge in [0, 0.05) is 24.3 Å². The number of nitrogens with zero attached hydrogens (tertiary/aromatic N) is 1. The van der Waals surface area contributed by atoms with E-state index in [1.54, 1.807) is 35.7 Å². The number of anilines is 1. The topological polar surface area (TPSA) is 75.7 Å². The molecule has 0 aliphatic carbocycles. The van der Waals surface area contributed by atoms with Crippen LogP contribution in [0.15, 0.2) is 53.4 Å². The molecule has 28 heavy (non-hydrogen) atoms. The fourth-order valence-electron chi connectivity index (χ4n) is 3.37. The lowest BCUT2D eigenvalue weighted by atomic mass is 10.1. The molecule has 1 aliphatic heterocycles. The summed E-state index contributed by atoms with van der Waals surface area (Å²) < 4.78 is 32.4. The highest BCUT2D eigenvalue weighted by molar-refractivity contribution is 7.89. The minimum absolute atomic E-state index is 0.178. The highest BCUT2D eigenvalue weighted by atomic mass is 32.2. The zero-order valence-corrected chi connectivity index (χ0v) is 16.9. The second kappa shape index (κ2) is 9.21. The molecular weight excluding hydrogens is 376 g/mol. The van der Waals surface area contributed by atoms with Crippen molar-refractivity contribution in [3.8, 4) is 5.75 Å². The normalized spacial score (nSPS) is 15.6. The molecule has 150 valence electrons. The van der Waals surface area contributed by atoms with E-state index in [0.29, 0.717) is 24.5 Å². The molecule has 1 aliphatic rings. The molecule has 0 unspecified atom stereocenters. The minimum atomic E-state index is -3.48. The maximum Gasteiger partial charge on any atom is 0.243 e. The summed E-state index contributed by atoms with van der Waals surface area (Å²) in [6.45, 7) is 1.14. The van der Waals surface area contributed by atoms with E-state index in [0.717, 1.165) is 31.2 Å². The van der Waals surface area contributed by atoms with Gasteiger partial charge in [-0.05, 0) is 43.2 Å². The predicted octanol–water partition coefficient (Wildman–Crippen LogP) is 3.44. The smallest absolute Gasteiger partial charge is 0.243 e. The van der Waals surface area contributed by atoms with E-state index in [1.807, 2.05) is 24.3 Å². The number of hydrogen-bond donors (Lipinski definition) is 1. The van der Waals surface area contributed by atoms with Crippen molar-refractivity contribution in [1.82, 2.24) is 4.31 Å². The fourth-order valence-corrected chi connectivity index (χ4v) is 4.89. The van der Waals surface area contributed by atoms with Gasteiger partial charge in [0.05, 0.1) is 18.4 Å². The molecule has 1 saturated heterocycles. The number of carbonyl (C=O) groups is 1. The molecule has 1 N–H and O–H groups in total. The summed E-state index contributed by atoms with van der Waals surface area (Å²) in [6, 6.07) is 13.7. The molecule has 0 atom stereocenters. The van der Waals surface area contributed by atoms with Crippen molar-refractivity contribution < 1.29 is 17.9 Å². The van der Waals surface area contributed by atoms with E-state index in [1.165, 1.54) is 0 Å². The van der Waals surface area contributed by atoms with Gasteiger partial charge in [0.15, 0.2) is 0 Å². The molecule has 6 nitrogen and oxygen atoms in total. The fraction of sp³-hybridized carbons (Fsp3) is 0.381. The number of para-hydroxylation sites is 1. The first-order valence-corrected chi connectivity index (χ1v) is 11.0. The summed E-state index contributed by atoms with van der Waals surface area (Å²) in [6.07, 6.45) is 4.12. The number of amides is 1. The lowest BCUT2D eigenvalue weighted by Gasteiger charge is -2.20. The quantitative estimate of drug-likeness (QED) is 0.803. The van der Waals surface area contributed by atoms with Gasteiger partial charge in [0.1, 0.15) is 5.75 Å². The molecule has 1 amide bonds. The summed E-state index contributed by atoms with van der Waals surface area (Å²) in [5.41, 5.74) is 1.36. The maximum atomic E-state index is 12.8. The van der Waals surface area contributed by atoms with Crippen molar-refractivity contribution in [3.05, 3.63) is 54.1 Å². The number of nitrogens with one attached hydrogen (secondary N) is 1. The van der Waals surface area contributed by atoms with Gasteiger partial charge in [-0.15, -0.1) is 0 Å². The van der Waals surface area contributed by atoms with Crippen LogP contribution in [0.3, 0.4) is 0 Å². The van der Waals surface area contributed by atoms with E-state index in [9.17, 15) is 13.2 Å². The highest BCUT2D eigenvalue weighted by Crippen LogP contribution is 2.22. The lowest BCUT2D eigenvalue weighted by Crippen LogP contribution is -2.31. The molecule has 3 rings (SSSR count). The van der Waals surface area contributed by atoms with Gasteiger partial charge in [-0.2, -0.15) is 4.31 Å². The predicted molar refractivity (Wildman–Crippen MR) is 109 cm³/mol. The molecule has 1 fully saturated rings. The number of sulfonamides is 1. The van der Waals surface area contributed by atoms with Crippen LogP contribution in [0.5, 0.6) is 5.75 Å². The SMILES string of the molecule is COc1ccccc1CC(=O)Nc1ccc(S(=O)(=O)N2CCCCCC2)cc1. The molecule has 0 aromatic heterocycles. The second-order valence-electron chi connectivity index (χ2n) is 6.88. The highest BCUT2D eigenvalue weighted by Gasteiger charge is 2.25. The average Bonchev–Trinajstić information content (AvgIpc) is 2.99. The molecule has 1 heterocycles. The number of rotatable bonds is 6. The first-order valence-electron chi connectivity index (χ1n) is 9.52. The Hall–Kier alpha value is -2.38. The van der Waals surface area contributed by atoms with Gasteiger partial charge in [-0.1, -0.05) is 31.0 Å². The monoisotopic (exact) mass is 402 g/mol. The lowest BCUT2D eigenvalue weighted by molar-refractivity contribution is -0.115. The third-order valence-electron chi connectivity index (χ3n) is 4.88. The zero-order chi connectivity index (χ0) is 20.0. The molecule has 2 aromatic carbocycles. The van der Waals surface area contributed by atoms with Crippen molar-refractivity contribution >= 4 is 21.6 Å². The number of methoxy groups -OCH3 is 1. The first-order chi connectivity index (χ1) is 13.5. The van der Waals surface area contributed by atoms with Crippen molar-refractivity contribution in [3.63, 3.8) is 0 Å². The van der Waals surface area contributed by atoms with Crippen LogP contribution in [0.1, 0.15) is 31.2 Å². The van der Waals surface area contributed by atoms with E-state index in [-0.39, 0.29) is 17.2 Å². The van der Waals surface area contributed by atoms with Gasteiger partial charge in [-0.3, -0.25) is 4.79 Å². The maximum absolute atomic E-state index is 12.8. The average molecular weight is 403 g/mol. The standard InChI is InChI=1S/C21H26N2O4S/c1-27-20-9-5-4-8-17(20)16-21(24)22-18-10-12-19(13-11-18)28(25,26)23-14-6-2-3-7-15-23/h4-5,8-13H,2-3,6-7,14-16H2,1H3,(H,22,24). The number of benzene rings is 2. The Bertz CT molecular complexity index is 902. The molecule has 0 radical (unpaired) electrons. The largest absolute Gasteiger partial charge is 0.496 e. The molecule has 7 heteroatoms. The number of hydrogen-bond acceptors (Lipinski definition) is 4. The Morgan fingerprint density at radius 1 is 1.00 bits per heavy atom. The van der Waals surface area contributed by atoms with Crippen molar-refractivity contribution in [2.75, 3.05) is 25.5 Å². The van der Waals surface area contributed by atoms with Gasteiger partial charge in [-0.25, -0.2) is 8.42 Å². The summed E-state index contributed by atoms with van der Waals surface area (Å²) in [7, 11) is -1.91. The van der Waals surface area contributed by atoms with Crippen LogP contribution in [-0.2, 0) is 21.2 Å². The minimum Gasteiger partial charge on any atom is -0.496 e. The Balaban J connectivity index is 1.66. The molecule has 0 spiro atoms. The van der Waals surface area contributed by atoms with Gasteiger partial charge < -0.3 is 10.1 Å². The van der Waals surface area contributed by atoms with Gasteiger partial charge in [0.25, 0.3) is 0 Å². The Morgan fingerprint density at radius 3 is 2.29 bits per heavy atom. The number of ether oxygens (including phenoxy) is 1. The third-order valence-corrected chi connectivity index (χ3v) is 6.80. The summed E-state index contributed by atoms with van der Waals surface area (Å²) >= 11 is 0. The van der Waals surface area contributed by atoms with Crippen LogP contribution in [0, 0.1) is 0 Å². The van der Waals surface area contributed by atoms with Crippen molar-refractivity contribution in [2.24, 2.45) is 0 Å². The van der Waals surface area contributed by atoms with E-state index in [2.05, 4.69) is 5.32 Å². The van der Waals surface area contributed by atoms with Crippen LogP contribution < -0.4 is 10.1 Å². The number of carbonyl (C=O) groups excluding carboxylic acids is 1. The van der Waals surface area contributed by atoms with Crippen LogP contribution in [-0.4, -0.2) is 38.8 Å². The van der Waals surface area contributed by atoms with Crippen molar-refractivity contribution in [2.45, 2.75) is 37.0 Å². The van der Waals surface area contributed by atoms with Crippen LogP contribution in [0.4, 0.5) is 5.69 Å². The van der Waals surface area contributed by atoms with Crippen LogP contribution in [0.2, 0.25) is 0 Å². The second-order valence-corrected chi connectivity index (χ2v) is 8.82. The molecular formula is C21H26N2O4S. The van der Waals surface area contributed by atoms with E-state index in [4.69, 9.17) is 4.74 Å². The van der Waals surface area contributed by atoms with Gasteiger partial charge >= 0.3 is 0 Å². The molecule has 2 aromatic rings. The Labute approximate surface area is 166 Å². The van der Waals surface area contributed by atoms with E-state index >= 15 is 0 Å². The summed E-state index contributed by atoms with van der Waals surface area (Å²) in [4.78, 5) is 12.6. The van der Waals surface area contributed by atoms with Crippen LogP contribution in [0.25, 0.3) is 0 Å². The summed E-state index contributed by atoms with van der Waals surface area (Å²) in [5.74, 6) is 0.476. The molecule has 0 saturated carbocycles. The molecule has 0 bridgehead atoms. The van der Waals surface area contributed by atoms with Crippen LogP contribution >= 0.6 is 0 Å². The van der Waals surface area contributed by atoms with Crippen molar-refractivity contribution in [1.29, 1.82) is 0 Å². The Morgan fingerprint density at radius 2 is 1.64 bits per heavy atom. The van der Waals surface area contributed by atoms with Gasteiger partial charge in [0.2, 0.25) is 15.9 Å². The zero-order valence-electron chi connectivity index (χ0n) is 16.1. The third kappa shape index (κ3) is 4.91. The summed E-state index contributed by atoms with van der Waals surface area (Å²) in [5, 5.41) is 2.81. The van der Waals surface area contributed by atoms with E-state index < -0.39 is 10.0 Å². The Kier molecular flexibility index (Phi) is 6.70. The first kappa shape index (κ1) is 20.4.